The SMILES string of the molecule is COc1ccc(OC)c(S(=O)(=O)NNC(=O)Nc2ccccc2)c1. The number of ether oxygens (including phenoxy) is 2. The first kappa shape index (κ1) is 17.6. The molecule has 2 aromatic carbocycles. The van der Waals surface area contributed by atoms with Crippen LogP contribution in [0.1, 0.15) is 0 Å². The number of urea groups is 1. The molecule has 3 N–H and O–H groups in total. The van der Waals surface area contributed by atoms with E-state index >= 15 is 0 Å². The molecule has 0 aliphatic heterocycles. The summed E-state index contributed by atoms with van der Waals surface area (Å²) in [5.74, 6) is 0.457. The molecule has 2 rings (SSSR count). The van der Waals surface area contributed by atoms with E-state index in [2.05, 4.69) is 10.7 Å². The first-order valence-corrected chi connectivity index (χ1v) is 8.30. The Kier molecular flexibility index (Phi) is 5.61. The third-order valence-corrected chi connectivity index (χ3v) is 4.26. The summed E-state index contributed by atoms with van der Waals surface area (Å²) in [6.45, 7) is 0. The summed E-state index contributed by atoms with van der Waals surface area (Å²) in [5.41, 5.74) is 2.60. The zero-order valence-corrected chi connectivity index (χ0v) is 13.9. The van der Waals surface area contributed by atoms with E-state index in [1.807, 2.05) is 4.83 Å². The van der Waals surface area contributed by atoms with Crippen LogP contribution in [0.15, 0.2) is 53.4 Å². The predicted molar refractivity (Wildman–Crippen MR) is 88.5 cm³/mol. The van der Waals surface area contributed by atoms with Gasteiger partial charge in [-0.25, -0.2) is 13.2 Å². The Bertz CT molecular complexity index is 809. The van der Waals surface area contributed by atoms with Gasteiger partial charge in [0.1, 0.15) is 16.4 Å². The average molecular weight is 351 g/mol. The lowest BCUT2D eigenvalue weighted by atomic mass is 10.3. The summed E-state index contributed by atoms with van der Waals surface area (Å²) in [6.07, 6.45) is 0. The number of hydrogen-bond acceptors (Lipinski definition) is 5. The van der Waals surface area contributed by atoms with Crippen LogP contribution in [0.5, 0.6) is 11.5 Å². The van der Waals surface area contributed by atoms with E-state index in [-0.39, 0.29) is 10.6 Å². The number of rotatable bonds is 6. The Morgan fingerprint density at radius 2 is 1.71 bits per heavy atom. The van der Waals surface area contributed by atoms with Crippen LogP contribution in [0.2, 0.25) is 0 Å². The van der Waals surface area contributed by atoms with Crippen LogP contribution in [-0.2, 0) is 10.0 Å². The maximum atomic E-state index is 12.3. The molecule has 2 amide bonds. The van der Waals surface area contributed by atoms with Crippen molar-refractivity contribution in [3.63, 3.8) is 0 Å². The van der Waals surface area contributed by atoms with Crippen molar-refractivity contribution >= 4 is 21.7 Å². The molecule has 128 valence electrons. The number of benzene rings is 2. The van der Waals surface area contributed by atoms with Crippen LogP contribution in [0, 0.1) is 0 Å². The van der Waals surface area contributed by atoms with Gasteiger partial charge in [0.25, 0.3) is 10.0 Å². The van der Waals surface area contributed by atoms with Crippen molar-refractivity contribution < 1.29 is 22.7 Å². The fraction of sp³-hybridized carbons (Fsp3) is 0.133. The molecular formula is C15H17N3O5S. The zero-order chi connectivity index (χ0) is 17.6. The predicted octanol–water partition coefficient (Wildman–Crippen LogP) is 1.72. The monoisotopic (exact) mass is 351 g/mol. The molecule has 0 radical (unpaired) electrons. The quantitative estimate of drug-likeness (QED) is 0.687. The van der Waals surface area contributed by atoms with Gasteiger partial charge in [0.15, 0.2) is 0 Å². The largest absolute Gasteiger partial charge is 0.497 e. The van der Waals surface area contributed by atoms with Crippen molar-refractivity contribution in [2.75, 3.05) is 19.5 Å². The third kappa shape index (κ3) is 4.37. The Morgan fingerprint density at radius 3 is 2.33 bits per heavy atom. The number of para-hydroxylation sites is 1. The molecule has 0 fully saturated rings. The number of amides is 2. The van der Waals surface area contributed by atoms with Crippen molar-refractivity contribution in [2.45, 2.75) is 4.90 Å². The number of methoxy groups -OCH3 is 2. The summed E-state index contributed by atoms with van der Waals surface area (Å²) >= 11 is 0. The molecule has 0 saturated carbocycles. The Hall–Kier alpha value is -2.78. The third-order valence-electron chi connectivity index (χ3n) is 2.99. The molecule has 0 spiro atoms. The summed E-state index contributed by atoms with van der Waals surface area (Å²) in [5, 5.41) is 2.48. The maximum Gasteiger partial charge on any atom is 0.334 e. The highest BCUT2D eigenvalue weighted by atomic mass is 32.2. The Labute approximate surface area is 139 Å². The van der Waals surface area contributed by atoms with Gasteiger partial charge in [-0.15, -0.1) is 4.83 Å². The molecule has 0 bridgehead atoms. The molecule has 0 aliphatic carbocycles. The van der Waals surface area contributed by atoms with Crippen LogP contribution in [0.3, 0.4) is 0 Å². The lowest BCUT2D eigenvalue weighted by Crippen LogP contribution is -2.43. The molecule has 9 heteroatoms. The first-order chi connectivity index (χ1) is 11.5. The van der Waals surface area contributed by atoms with Gasteiger partial charge in [0.05, 0.1) is 14.2 Å². The van der Waals surface area contributed by atoms with Crippen molar-refractivity contribution in [3.8, 4) is 11.5 Å². The normalized spacial score (nSPS) is 10.8. The lowest BCUT2D eigenvalue weighted by Gasteiger charge is -2.13. The molecule has 0 aliphatic rings. The van der Waals surface area contributed by atoms with E-state index in [9.17, 15) is 13.2 Å². The van der Waals surface area contributed by atoms with Gasteiger partial charge in [-0.05, 0) is 24.3 Å². The Morgan fingerprint density at radius 1 is 1.00 bits per heavy atom. The van der Waals surface area contributed by atoms with E-state index in [1.54, 1.807) is 36.4 Å². The van der Waals surface area contributed by atoms with Gasteiger partial charge < -0.3 is 14.8 Å². The fourth-order valence-electron chi connectivity index (χ4n) is 1.85. The Balaban J connectivity index is 2.10. The maximum absolute atomic E-state index is 12.3. The topological polar surface area (TPSA) is 106 Å². The van der Waals surface area contributed by atoms with Crippen molar-refractivity contribution in [3.05, 3.63) is 48.5 Å². The molecule has 24 heavy (non-hydrogen) atoms. The first-order valence-electron chi connectivity index (χ1n) is 6.82. The molecule has 0 atom stereocenters. The molecule has 0 saturated heterocycles. The van der Waals surface area contributed by atoms with Crippen LogP contribution >= 0.6 is 0 Å². The van der Waals surface area contributed by atoms with Gasteiger partial charge in [-0.1, -0.05) is 18.2 Å². The minimum atomic E-state index is -4.05. The van der Waals surface area contributed by atoms with Crippen LogP contribution in [-0.4, -0.2) is 28.7 Å². The molecule has 2 aromatic rings. The van der Waals surface area contributed by atoms with E-state index in [0.29, 0.717) is 11.4 Å². The number of hydrazine groups is 1. The standard InChI is InChI=1S/C15H17N3O5S/c1-22-12-8-9-13(23-2)14(10-12)24(20,21)18-17-15(19)16-11-6-4-3-5-7-11/h3-10,18H,1-2H3,(H2,16,17,19). The van der Waals surface area contributed by atoms with E-state index in [0.717, 1.165) is 0 Å². The second-order valence-electron chi connectivity index (χ2n) is 4.57. The summed E-state index contributed by atoms with van der Waals surface area (Å²) in [4.78, 5) is 13.6. The van der Waals surface area contributed by atoms with E-state index in [4.69, 9.17) is 9.47 Å². The van der Waals surface area contributed by atoms with E-state index in [1.165, 1.54) is 26.4 Å². The molecular weight excluding hydrogens is 334 g/mol. The van der Waals surface area contributed by atoms with Gasteiger partial charge in [0.2, 0.25) is 0 Å². The van der Waals surface area contributed by atoms with Gasteiger partial charge in [0, 0.05) is 11.8 Å². The summed E-state index contributed by atoms with van der Waals surface area (Å²) in [7, 11) is -1.29. The number of nitrogens with one attached hydrogen (secondary N) is 3. The lowest BCUT2D eigenvalue weighted by molar-refractivity contribution is 0.250. The number of anilines is 1. The zero-order valence-electron chi connectivity index (χ0n) is 13.1. The van der Waals surface area contributed by atoms with Crippen LogP contribution in [0.25, 0.3) is 0 Å². The fourth-order valence-corrected chi connectivity index (χ4v) is 2.87. The molecule has 0 unspecified atom stereocenters. The van der Waals surface area contributed by atoms with Crippen molar-refractivity contribution in [1.82, 2.24) is 10.3 Å². The molecule has 0 aromatic heterocycles. The van der Waals surface area contributed by atoms with Crippen LogP contribution in [0.4, 0.5) is 10.5 Å². The molecule has 0 heterocycles. The van der Waals surface area contributed by atoms with Gasteiger partial charge in [-0.3, -0.25) is 5.43 Å². The summed E-state index contributed by atoms with van der Waals surface area (Å²) in [6, 6.07) is 12.2. The minimum Gasteiger partial charge on any atom is -0.497 e. The van der Waals surface area contributed by atoms with Crippen LogP contribution < -0.4 is 25.0 Å². The van der Waals surface area contributed by atoms with Crippen molar-refractivity contribution in [1.29, 1.82) is 0 Å². The number of carbonyl (C=O) groups excluding carboxylic acids is 1. The highest BCUT2D eigenvalue weighted by Crippen LogP contribution is 2.27. The van der Waals surface area contributed by atoms with Crippen molar-refractivity contribution in [2.24, 2.45) is 0 Å². The smallest absolute Gasteiger partial charge is 0.334 e. The van der Waals surface area contributed by atoms with Gasteiger partial charge >= 0.3 is 6.03 Å². The second kappa shape index (κ2) is 7.66. The summed E-state index contributed by atoms with van der Waals surface area (Å²) < 4.78 is 34.7. The minimum absolute atomic E-state index is 0.119. The second-order valence-corrected chi connectivity index (χ2v) is 6.22. The number of sulfonamides is 1. The highest BCUT2D eigenvalue weighted by molar-refractivity contribution is 7.89. The molecule has 8 nitrogen and oxygen atoms in total. The highest BCUT2D eigenvalue weighted by Gasteiger charge is 2.21. The average Bonchev–Trinajstić information content (AvgIpc) is 2.60. The van der Waals surface area contributed by atoms with Gasteiger partial charge in [-0.2, -0.15) is 0 Å². The number of carbonyl (C=O) groups is 1. The van der Waals surface area contributed by atoms with E-state index < -0.39 is 16.1 Å². The number of hydrogen-bond donors (Lipinski definition) is 3.